The summed E-state index contributed by atoms with van der Waals surface area (Å²) in [5.41, 5.74) is 2.16. The Morgan fingerprint density at radius 3 is 2.22 bits per heavy atom. The number of alkyl halides is 3. The van der Waals surface area contributed by atoms with Gasteiger partial charge in [-0.3, -0.25) is 9.69 Å². The number of aryl methyl sites for hydroxylation is 2. The first-order valence-corrected chi connectivity index (χ1v) is 14.7. The molecule has 3 aromatic carbocycles. The van der Waals surface area contributed by atoms with Crippen LogP contribution in [-0.2, 0) is 22.9 Å². The first-order valence-electron chi connectivity index (χ1n) is 14.7. The van der Waals surface area contributed by atoms with Gasteiger partial charge in [0.25, 0.3) is 5.76 Å². The van der Waals surface area contributed by atoms with Gasteiger partial charge in [0.2, 0.25) is 11.2 Å². The molecule has 1 saturated heterocycles. The molecule has 1 aliphatic rings. The van der Waals surface area contributed by atoms with Crippen molar-refractivity contribution in [2.45, 2.75) is 59.7 Å². The van der Waals surface area contributed by atoms with Crippen LogP contribution in [0.2, 0.25) is 0 Å². The molecule has 4 aromatic rings. The number of nitrogens with zero attached hydrogens (tertiary/aromatic N) is 1. The second kappa shape index (κ2) is 12.3. The molecule has 45 heavy (non-hydrogen) atoms. The molecule has 1 aromatic heterocycles. The number of morpholine rings is 1. The van der Waals surface area contributed by atoms with Gasteiger partial charge in [-0.25, -0.2) is 4.79 Å². The summed E-state index contributed by atoms with van der Waals surface area (Å²) < 4.78 is 66.1. The number of rotatable bonds is 6. The van der Waals surface area contributed by atoms with Crippen molar-refractivity contribution in [3.63, 3.8) is 0 Å². The zero-order valence-corrected chi connectivity index (χ0v) is 26.2. The summed E-state index contributed by atoms with van der Waals surface area (Å²) in [7, 11) is 0. The topological polar surface area (TPSA) is 78.2 Å². The summed E-state index contributed by atoms with van der Waals surface area (Å²) in [6, 6.07) is 13.1. The predicted molar refractivity (Wildman–Crippen MR) is 164 cm³/mol. The van der Waals surface area contributed by atoms with Crippen molar-refractivity contribution in [1.82, 2.24) is 4.90 Å². The monoisotopic (exact) mass is 623 g/mol. The fourth-order valence-electron chi connectivity index (χ4n) is 5.27. The normalized spacial score (nSPS) is 14.5. The number of esters is 1. The van der Waals surface area contributed by atoms with E-state index in [9.17, 15) is 22.8 Å². The standard InChI is InChI=1S/C35H36F3NO6/c1-20-17-21(2)22(3)28(18-20)43-31-29(40)25-11-12-27(44-33(41)23-7-9-24(10-8-23)34(4,5)6)26(19-39-13-15-42-16-14-39)30(25)45-32(31)35(36,37)38/h7-12,17-18H,13-16,19H2,1-6H3. The van der Waals surface area contributed by atoms with Crippen LogP contribution in [0.25, 0.3) is 11.0 Å². The highest BCUT2D eigenvalue weighted by Crippen LogP contribution is 2.41. The molecule has 0 saturated carbocycles. The molecule has 238 valence electrons. The number of ether oxygens (including phenoxy) is 3. The molecule has 0 unspecified atom stereocenters. The Bertz CT molecular complexity index is 1800. The van der Waals surface area contributed by atoms with Gasteiger partial charge in [0.15, 0.2) is 0 Å². The van der Waals surface area contributed by atoms with Gasteiger partial charge in [0, 0.05) is 19.6 Å². The molecule has 0 radical (unpaired) electrons. The summed E-state index contributed by atoms with van der Waals surface area (Å²) in [4.78, 5) is 28.9. The molecule has 0 spiro atoms. The third kappa shape index (κ3) is 6.92. The van der Waals surface area contributed by atoms with Crippen molar-refractivity contribution in [3.8, 4) is 17.2 Å². The van der Waals surface area contributed by atoms with Crippen LogP contribution in [0.3, 0.4) is 0 Å². The van der Waals surface area contributed by atoms with E-state index in [1.807, 2.05) is 30.0 Å². The first kappa shape index (κ1) is 32.2. The SMILES string of the molecule is Cc1cc(C)c(C)c(Oc2c(C(F)(F)F)oc3c(CN4CCOCC4)c(OC(=O)c4ccc(C(C)(C)C)cc4)ccc3c2=O)c1. The van der Waals surface area contributed by atoms with Crippen molar-refractivity contribution < 1.29 is 36.6 Å². The third-order valence-electron chi connectivity index (χ3n) is 7.99. The Labute approximate surface area is 259 Å². The van der Waals surface area contributed by atoms with E-state index in [2.05, 4.69) is 20.8 Å². The van der Waals surface area contributed by atoms with E-state index in [1.165, 1.54) is 12.1 Å². The molecule has 0 amide bonds. The maximum absolute atomic E-state index is 14.5. The van der Waals surface area contributed by atoms with Crippen LogP contribution in [0.4, 0.5) is 13.2 Å². The molecule has 0 aliphatic carbocycles. The predicted octanol–water partition coefficient (Wildman–Crippen LogP) is 7.88. The number of halogens is 3. The quantitative estimate of drug-likeness (QED) is 0.160. The van der Waals surface area contributed by atoms with Gasteiger partial charge in [0.05, 0.1) is 29.7 Å². The van der Waals surface area contributed by atoms with E-state index in [4.69, 9.17) is 18.6 Å². The van der Waals surface area contributed by atoms with Gasteiger partial charge in [-0.1, -0.05) is 39.0 Å². The lowest BCUT2D eigenvalue weighted by atomic mass is 9.87. The maximum atomic E-state index is 14.5. The summed E-state index contributed by atoms with van der Waals surface area (Å²) in [5.74, 6) is -3.09. The lowest BCUT2D eigenvalue weighted by Gasteiger charge is -2.27. The van der Waals surface area contributed by atoms with Crippen LogP contribution >= 0.6 is 0 Å². The van der Waals surface area contributed by atoms with Gasteiger partial charge in [-0.05, 0) is 78.8 Å². The Balaban J connectivity index is 1.64. The van der Waals surface area contributed by atoms with Crippen LogP contribution in [0, 0.1) is 20.8 Å². The number of hydrogen-bond acceptors (Lipinski definition) is 7. The minimum absolute atomic E-state index is 0.00557. The van der Waals surface area contributed by atoms with Gasteiger partial charge in [-0.2, -0.15) is 13.2 Å². The summed E-state index contributed by atoms with van der Waals surface area (Å²) >= 11 is 0. The van der Waals surface area contributed by atoms with E-state index in [1.54, 1.807) is 32.0 Å². The number of carbonyl (C=O) groups excluding carboxylic acids is 1. The third-order valence-corrected chi connectivity index (χ3v) is 7.99. The number of benzene rings is 3. The van der Waals surface area contributed by atoms with E-state index < -0.39 is 29.1 Å². The van der Waals surface area contributed by atoms with Crippen LogP contribution in [-0.4, -0.2) is 37.2 Å². The lowest BCUT2D eigenvalue weighted by molar-refractivity contribution is -0.154. The maximum Gasteiger partial charge on any atom is 0.453 e. The van der Waals surface area contributed by atoms with Crippen LogP contribution in [0.5, 0.6) is 17.2 Å². The highest BCUT2D eigenvalue weighted by atomic mass is 19.4. The van der Waals surface area contributed by atoms with Crippen LogP contribution < -0.4 is 14.9 Å². The minimum Gasteiger partial charge on any atom is -0.449 e. The molecule has 0 bridgehead atoms. The molecule has 10 heteroatoms. The Kier molecular flexibility index (Phi) is 8.83. The Morgan fingerprint density at radius 1 is 0.933 bits per heavy atom. The number of hydrogen-bond donors (Lipinski definition) is 0. The van der Waals surface area contributed by atoms with Gasteiger partial charge < -0.3 is 18.6 Å². The van der Waals surface area contributed by atoms with Crippen molar-refractivity contribution >= 4 is 16.9 Å². The first-order chi connectivity index (χ1) is 21.1. The molecule has 5 rings (SSSR count). The highest BCUT2D eigenvalue weighted by Gasteiger charge is 2.41. The fraction of sp³-hybridized carbons (Fsp3) is 0.371. The Hall–Kier alpha value is -4.15. The van der Waals surface area contributed by atoms with E-state index >= 15 is 0 Å². The Morgan fingerprint density at radius 2 is 1.60 bits per heavy atom. The molecule has 0 N–H and O–H groups in total. The molecule has 1 fully saturated rings. The van der Waals surface area contributed by atoms with E-state index in [-0.39, 0.29) is 45.6 Å². The average molecular weight is 624 g/mol. The number of fused-ring (bicyclic) bond motifs is 1. The molecule has 2 heterocycles. The summed E-state index contributed by atoms with van der Waals surface area (Å²) in [6.45, 7) is 13.3. The fourth-order valence-corrected chi connectivity index (χ4v) is 5.27. The zero-order chi connectivity index (χ0) is 32.7. The average Bonchev–Trinajstić information content (AvgIpc) is 2.97. The van der Waals surface area contributed by atoms with Crippen molar-refractivity contribution in [2.24, 2.45) is 0 Å². The zero-order valence-electron chi connectivity index (χ0n) is 26.2. The lowest BCUT2D eigenvalue weighted by Crippen LogP contribution is -2.36. The largest absolute Gasteiger partial charge is 0.453 e. The smallest absolute Gasteiger partial charge is 0.449 e. The second-order valence-electron chi connectivity index (χ2n) is 12.4. The van der Waals surface area contributed by atoms with Crippen LogP contribution in [0.15, 0.2) is 57.7 Å². The molecule has 0 atom stereocenters. The summed E-state index contributed by atoms with van der Waals surface area (Å²) in [5, 5.41) is -0.127. The minimum atomic E-state index is -5.06. The molecule has 7 nitrogen and oxygen atoms in total. The molecular formula is C35H36F3NO6. The number of carbonyl (C=O) groups is 1. The molecular weight excluding hydrogens is 587 g/mol. The van der Waals surface area contributed by atoms with Crippen LogP contribution in [0.1, 0.15) is 64.7 Å². The molecule has 1 aliphatic heterocycles. The summed E-state index contributed by atoms with van der Waals surface area (Å²) in [6.07, 6.45) is -5.06. The van der Waals surface area contributed by atoms with Gasteiger partial charge in [-0.15, -0.1) is 0 Å². The van der Waals surface area contributed by atoms with E-state index in [0.29, 0.717) is 31.9 Å². The van der Waals surface area contributed by atoms with E-state index in [0.717, 1.165) is 16.7 Å². The van der Waals surface area contributed by atoms with Crippen molar-refractivity contribution in [1.29, 1.82) is 0 Å². The van der Waals surface area contributed by atoms with Crippen molar-refractivity contribution in [2.75, 3.05) is 26.3 Å². The van der Waals surface area contributed by atoms with Gasteiger partial charge >= 0.3 is 12.1 Å². The van der Waals surface area contributed by atoms with Gasteiger partial charge in [0.1, 0.15) is 17.1 Å². The van der Waals surface area contributed by atoms with Crippen molar-refractivity contribution in [3.05, 3.63) is 97.9 Å². The second-order valence-corrected chi connectivity index (χ2v) is 12.4. The highest BCUT2D eigenvalue weighted by molar-refractivity contribution is 5.92.